The lowest BCUT2D eigenvalue weighted by molar-refractivity contribution is 0.0750. The maximum atomic E-state index is 12.8. The van der Waals surface area contributed by atoms with Gasteiger partial charge in [0.15, 0.2) is 5.13 Å². The molecule has 0 N–H and O–H groups in total. The van der Waals surface area contributed by atoms with Crippen LogP contribution in [0.4, 0.5) is 5.13 Å². The third-order valence-electron chi connectivity index (χ3n) is 4.83. The molecule has 9 heteroatoms. The second-order valence-electron chi connectivity index (χ2n) is 6.57. The van der Waals surface area contributed by atoms with E-state index in [2.05, 4.69) is 9.88 Å². The Bertz CT molecular complexity index is 981. The SMILES string of the molecule is COc1ccc(OC)c2sc(N3CCN(C(=O)c4sc(C)nc4C)CC3)nc12. The van der Waals surface area contributed by atoms with Crippen LogP contribution in [-0.2, 0) is 0 Å². The Balaban J connectivity index is 1.52. The lowest BCUT2D eigenvalue weighted by Gasteiger charge is -2.34. The van der Waals surface area contributed by atoms with Crippen molar-refractivity contribution in [2.45, 2.75) is 13.8 Å². The van der Waals surface area contributed by atoms with Gasteiger partial charge in [-0.3, -0.25) is 4.79 Å². The highest BCUT2D eigenvalue weighted by molar-refractivity contribution is 7.22. The summed E-state index contributed by atoms with van der Waals surface area (Å²) in [4.78, 5) is 26.9. The number of methoxy groups -OCH3 is 2. The fourth-order valence-electron chi connectivity index (χ4n) is 3.38. The lowest BCUT2D eigenvalue weighted by Crippen LogP contribution is -2.48. The molecule has 3 aromatic rings. The monoisotopic (exact) mass is 418 g/mol. The van der Waals surface area contributed by atoms with Crippen LogP contribution >= 0.6 is 22.7 Å². The Morgan fingerprint density at radius 2 is 1.68 bits per heavy atom. The van der Waals surface area contributed by atoms with E-state index >= 15 is 0 Å². The normalized spacial score (nSPS) is 14.6. The minimum atomic E-state index is 0.0791. The van der Waals surface area contributed by atoms with E-state index in [1.54, 1.807) is 25.6 Å². The van der Waals surface area contributed by atoms with Crippen molar-refractivity contribution in [3.05, 3.63) is 27.7 Å². The number of benzene rings is 1. The smallest absolute Gasteiger partial charge is 0.265 e. The maximum Gasteiger partial charge on any atom is 0.265 e. The number of thiazole rings is 2. The molecule has 0 unspecified atom stereocenters. The summed E-state index contributed by atoms with van der Waals surface area (Å²) in [6.07, 6.45) is 0. The van der Waals surface area contributed by atoms with Gasteiger partial charge in [0.25, 0.3) is 5.91 Å². The largest absolute Gasteiger partial charge is 0.495 e. The molecular weight excluding hydrogens is 396 g/mol. The number of ether oxygens (including phenoxy) is 2. The van der Waals surface area contributed by atoms with Crippen molar-refractivity contribution in [3.63, 3.8) is 0 Å². The van der Waals surface area contributed by atoms with E-state index in [0.29, 0.717) is 13.1 Å². The maximum absolute atomic E-state index is 12.8. The fourth-order valence-corrected chi connectivity index (χ4v) is 5.40. The van der Waals surface area contributed by atoms with Gasteiger partial charge in [-0.2, -0.15) is 0 Å². The second kappa shape index (κ2) is 7.56. The third kappa shape index (κ3) is 3.29. The number of carbonyl (C=O) groups excluding carboxylic acids is 1. The van der Waals surface area contributed by atoms with Crippen LogP contribution in [0.1, 0.15) is 20.4 Å². The summed E-state index contributed by atoms with van der Waals surface area (Å²) < 4.78 is 11.9. The highest BCUT2D eigenvalue weighted by Gasteiger charge is 2.27. The Morgan fingerprint density at radius 1 is 1.00 bits per heavy atom. The van der Waals surface area contributed by atoms with Gasteiger partial charge >= 0.3 is 0 Å². The van der Waals surface area contributed by atoms with Crippen LogP contribution < -0.4 is 14.4 Å². The minimum absolute atomic E-state index is 0.0791. The quantitative estimate of drug-likeness (QED) is 0.647. The molecule has 3 heterocycles. The highest BCUT2D eigenvalue weighted by atomic mass is 32.1. The molecule has 0 saturated carbocycles. The highest BCUT2D eigenvalue weighted by Crippen LogP contribution is 2.40. The second-order valence-corrected chi connectivity index (χ2v) is 8.75. The van der Waals surface area contributed by atoms with Gasteiger partial charge < -0.3 is 19.3 Å². The van der Waals surface area contributed by atoms with Gasteiger partial charge in [0.2, 0.25) is 0 Å². The first-order valence-corrected chi connectivity index (χ1v) is 10.6. The molecule has 1 fully saturated rings. The van der Waals surface area contributed by atoms with Gasteiger partial charge in [-0.05, 0) is 26.0 Å². The number of nitrogens with zero attached hydrogens (tertiary/aromatic N) is 4. The molecule has 1 saturated heterocycles. The van der Waals surface area contributed by atoms with E-state index in [4.69, 9.17) is 14.5 Å². The van der Waals surface area contributed by atoms with E-state index in [9.17, 15) is 4.79 Å². The Hall–Kier alpha value is -2.39. The standard InChI is InChI=1S/C19H22N4O3S2/c1-11-16(27-12(2)20-11)18(24)22-7-9-23(10-8-22)19-21-15-13(25-3)5-6-14(26-4)17(15)28-19/h5-6H,7-10H2,1-4H3. The van der Waals surface area contributed by atoms with Crippen LogP contribution in [0.5, 0.6) is 11.5 Å². The van der Waals surface area contributed by atoms with E-state index in [0.717, 1.165) is 55.5 Å². The minimum Gasteiger partial charge on any atom is -0.495 e. The van der Waals surface area contributed by atoms with E-state index in [1.165, 1.54) is 11.3 Å². The van der Waals surface area contributed by atoms with Gasteiger partial charge in [-0.15, -0.1) is 11.3 Å². The number of carbonyl (C=O) groups is 1. The molecule has 0 aliphatic carbocycles. The van der Waals surface area contributed by atoms with Gasteiger partial charge in [-0.25, -0.2) is 9.97 Å². The summed E-state index contributed by atoms with van der Waals surface area (Å²) in [5, 5.41) is 1.85. The summed E-state index contributed by atoms with van der Waals surface area (Å²) in [5.41, 5.74) is 1.64. The first kappa shape index (κ1) is 18.9. The average molecular weight is 419 g/mol. The van der Waals surface area contributed by atoms with Crippen LogP contribution in [0.25, 0.3) is 10.2 Å². The Labute approximate surface area is 171 Å². The predicted molar refractivity (Wildman–Crippen MR) is 112 cm³/mol. The zero-order chi connectivity index (χ0) is 19.8. The summed E-state index contributed by atoms with van der Waals surface area (Å²) >= 11 is 3.07. The number of piperazine rings is 1. The molecule has 1 amide bonds. The first-order valence-electron chi connectivity index (χ1n) is 9.01. The number of fused-ring (bicyclic) bond motifs is 1. The lowest BCUT2D eigenvalue weighted by atomic mass is 10.3. The van der Waals surface area contributed by atoms with Crippen LogP contribution in [0.15, 0.2) is 12.1 Å². The van der Waals surface area contributed by atoms with Crippen LogP contribution in [0.3, 0.4) is 0 Å². The molecule has 0 atom stereocenters. The van der Waals surface area contributed by atoms with Crippen LogP contribution in [0, 0.1) is 13.8 Å². The summed E-state index contributed by atoms with van der Waals surface area (Å²) in [5.74, 6) is 1.61. The number of rotatable bonds is 4. The number of aromatic nitrogens is 2. The molecule has 0 bridgehead atoms. The van der Waals surface area contributed by atoms with E-state index < -0.39 is 0 Å². The summed E-state index contributed by atoms with van der Waals surface area (Å²) in [6, 6.07) is 3.78. The Kier molecular flexibility index (Phi) is 5.11. The van der Waals surface area contributed by atoms with E-state index in [1.807, 2.05) is 30.9 Å². The molecule has 1 aliphatic heterocycles. The van der Waals surface area contributed by atoms with E-state index in [-0.39, 0.29) is 5.91 Å². The van der Waals surface area contributed by atoms with Crippen molar-refractivity contribution in [2.24, 2.45) is 0 Å². The molecule has 1 aliphatic rings. The molecule has 4 rings (SSSR count). The van der Waals surface area contributed by atoms with Crippen molar-refractivity contribution in [3.8, 4) is 11.5 Å². The average Bonchev–Trinajstić information content (AvgIpc) is 3.30. The molecule has 1 aromatic carbocycles. The number of anilines is 1. The van der Waals surface area contributed by atoms with Gasteiger partial charge in [0, 0.05) is 26.2 Å². The molecule has 28 heavy (non-hydrogen) atoms. The number of hydrogen-bond acceptors (Lipinski definition) is 8. The van der Waals surface area contributed by atoms with Crippen LogP contribution in [0.2, 0.25) is 0 Å². The molecule has 0 spiro atoms. The number of amides is 1. The van der Waals surface area contributed by atoms with Crippen molar-refractivity contribution < 1.29 is 14.3 Å². The van der Waals surface area contributed by atoms with Gasteiger partial charge in [-0.1, -0.05) is 11.3 Å². The predicted octanol–water partition coefficient (Wildman–Crippen LogP) is 3.35. The van der Waals surface area contributed by atoms with Gasteiger partial charge in [0.1, 0.15) is 26.6 Å². The number of aryl methyl sites for hydroxylation is 2. The zero-order valence-electron chi connectivity index (χ0n) is 16.3. The third-order valence-corrected chi connectivity index (χ3v) is 7.03. The summed E-state index contributed by atoms with van der Waals surface area (Å²) in [7, 11) is 3.31. The first-order chi connectivity index (χ1) is 13.5. The fraction of sp³-hybridized carbons (Fsp3) is 0.421. The number of hydrogen-bond donors (Lipinski definition) is 0. The zero-order valence-corrected chi connectivity index (χ0v) is 17.9. The van der Waals surface area contributed by atoms with Crippen molar-refractivity contribution >= 4 is 43.9 Å². The Morgan fingerprint density at radius 3 is 2.29 bits per heavy atom. The molecule has 0 radical (unpaired) electrons. The summed E-state index contributed by atoms with van der Waals surface area (Å²) in [6.45, 7) is 6.65. The van der Waals surface area contributed by atoms with Crippen molar-refractivity contribution in [1.29, 1.82) is 0 Å². The van der Waals surface area contributed by atoms with Crippen LogP contribution in [-0.4, -0.2) is 61.2 Å². The molecule has 2 aromatic heterocycles. The van der Waals surface area contributed by atoms with Crippen molar-refractivity contribution in [2.75, 3.05) is 45.3 Å². The molecular formula is C19H22N4O3S2. The molecule has 7 nitrogen and oxygen atoms in total. The van der Waals surface area contributed by atoms with Crippen molar-refractivity contribution in [1.82, 2.24) is 14.9 Å². The van der Waals surface area contributed by atoms with Gasteiger partial charge in [0.05, 0.1) is 24.9 Å². The topological polar surface area (TPSA) is 67.8 Å². The molecule has 148 valence electrons.